The van der Waals surface area contributed by atoms with E-state index in [0.29, 0.717) is 11.2 Å². The van der Waals surface area contributed by atoms with Crippen molar-refractivity contribution < 1.29 is 4.39 Å². The van der Waals surface area contributed by atoms with Gasteiger partial charge < -0.3 is 4.98 Å². The third-order valence-corrected chi connectivity index (χ3v) is 3.97. The van der Waals surface area contributed by atoms with E-state index < -0.39 is 0 Å². The van der Waals surface area contributed by atoms with E-state index in [4.69, 9.17) is 5.26 Å². The molecule has 24 heavy (non-hydrogen) atoms. The maximum Gasteiger partial charge on any atom is 0.138 e. The number of aromatic nitrogens is 2. The van der Waals surface area contributed by atoms with Crippen molar-refractivity contribution in [2.24, 2.45) is 0 Å². The summed E-state index contributed by atoms with van der Waals surface area (Å²) in [6.07, 6.45) is 1.54. The minimum atomic E-state index is -0.282. The number of nitrogens with zero attached hydrogens (tertiary/aromatic N) is 2. The van der Waals surface area contributed by atoms with Gasteiger partial charge in [0.1, 0.15) is 17.5 Å². The molecule has 0 fully saturated rings. The minimum Gasteiger partial charge on any atom is -0.339 e. The molecule has 0 radical (unpaired) electrons. The molecule has 2 heterocycles. The molecular formula is C20H12FN3. The highest BCUT2D eigenvalue weighted by atomic mass is 19.1. The van der Waals surface area contributed by atoms with Crippen LogP contribution in [-0.4, -0.2) is 9.97 Å². The minimum absolute atomic E-state index is 0.282. The highest BCUT2D eigenvalue weighted by Crippen LogP contribution is 2.37. The van der Waals surface area contributed by atoms with Crippen molar-refractivity contribution in [1.29, 1.82) is 5.26 Å². The molecule has 0 aliphatic heterocycles. The average molecular weight is 313 g/mol. The van der Waals surface area contributed by atoms with Gasteiger partial charge in [0.05, 0.1) is 11.3 Å². The first kappa shape index (κ1) is 14.2. The van der Waals surface area contributed by atoms with Gasteiger partial charge in [0.2, 0.25) is 0 Å². The van der Waals surface area contributed by atoms with Crippen LogP contribution in [0.25, 0.3) is 33.4 Å². The first-order valence-electron chi connectivity index (χ1n) is 7.49. The van der Waals surface area contributed by atoms with Crippen LogP contribution in [0.3, 0.4) is 0 Å². The number of benzene rings is 2. The number of fused-ring (bicyclic) bond motifs is 1. The number of hydrogen-bond donors (Lipinski definition) is 1. The molecule has 4 aromatic rings. The molecule has 4 heteroatoms. The zero-order valence-corrected chi connectivity index (χ0v) is 12.6. The summed E-state index contributed by atoms with van der Waals surface area (Å²) in [6.45, 7) is 0. The summed E-state index contributed by atoms with van der Waals surface area (Å²) in [5.74, 6) is -0.282. The van der Waals surface area contributed by atoms with Gasteiger partial charge in [-0.3, -0.25) is 0 Å². The topological polar surface area (TPSA) is 52.5 Å². The second-order valence-corrected chi connectivity index (χ2v) is 5.48. The van der Waals surface area contributed by atoms with Crippen LogP contribution in [0.1, 0.15) is 5.56 Å². The summed E-state index contributed by atoms with van der Waals surface area (Å²) in [4.78, 5) is 7.68. The third-order valence-electron chi connectivity index (χ3n) is 3.97. The Labute approximate surface area is 138 Å². The maximum atomic E-state index is 13.3. The molecule has 0 spiro atoms. The van der Waals surface area contributed by atoms with Gasteiger partial charge in [-0.05, 0) is 29.3 Å². The number of nitriles is 1. The summed E-state index contributed by atoms with van der Waals surface area (Å²) in [5.41, 5.74) is 4.89. The monoisotopic (exact) mass is 313 g/mol. The fourth-order valence-electron chi connectivity index (χ4n) is 2.87. The maximum absolute atomic E-state index is 13.3. The Morgan fingerprint density at radius 1 is 0.958 bits per heavy atom. The van der Waals surface area contributed by atoms with E-state index in [-0.39, 0.29) is 5.82 Å². The largest absolute Gasteiger partial charge is 0.339 e. The number of halogens is 1. The van der Waals surface area contributed by atoms with Gasteiger partial charge in [-0.1, -0.05) is 42.5 Å². The first-order chi connectivity index (χ1) is 11.8. The first-order valence-corrected chi connectivity index (χ1v) is 7.49. The Bertz CT molecular complexity index is 1060. The van der Waals surface area contributed by atoms with Gasteiger partial charge in [-0.25, -0.2) is 9.37 Å². The molecule has 0 aliphatic rings. The number of nitrogens with one attached hydrogen (secondary N) is 1. The van der Waals surface area contributed by atoms with Gasteiger partial charge in [-0.15, -0.1) is 0 Å². The second kappa shape index (κ2) is 5.64. The lowest BCUT2D eigenvalue weighted by molar-refractivity contribution is 0.628. The molecule has 0 saturated carbocycles. The number of rotatable bonds is 2. The molecule has 114 valence electrons. The van der Waals surface area contributed by atoms with Crippen molar-refractivity contribution in [3.05, 3.63) is 78.2 Å². The highest BCUT2D eigenvalue weighted by Gasteiger charge is 2.16. The van der Waals surface area contributed by atoms with E-state index in [1.165, 1.54) is 12.1 Å². The molecule has 0 amide bonds. The van der Waals surface area contributed by atoms with E-state index in [1.54, 1.807) is 18.3 Å². The lowest BCUT2D eigenvalue weighted by Gasteiger charge is -2.05. The van der Waals surface area contributed by atoms with Crippen molar-refractivity contribution in [3.8, 4) is 28.5 Å². The van der Waals surface area contributed by atoms with Crippen LogP contribution >= 0.6 is 0 Å². The molecule has 0 aliphatic carbocycles. The summed E-state index contributed by atoms with van der Waals surface area (Å²) in [6, 6.07) is 20.2. The molecule has 0 saturated heterocycles. The molecule has 2 aromatic heterocycles. The van der Waals surface area contributed by atoms with Crippen LogP contribution < -0.4 is 0 Å². The molecule has 0 unspecified atom stereocenters. The SMILES string of the molecule is N#Cc1cnc2[nH]c(-c3ccccc3)c(-c3ccc(F)cc3)c2c1. The molecule has 3 nitrogen and oxygen atoms in total. The normalized spacial score (nSPS) is 10.7. The van der Waals surface area contributed by atoms with Crippen molar-refractivity contribution in [2.45, 2.75) is 0 Å². The van der Waals surface area contributed by atoms with Gasteiger partial charge in [0.15, 0.2) is 0 Å². The zero-order chi connectivity index (χ0) is 16.5. The zero-order valence-electron chi connectivity index (χ0n) is 12.6. The number of H-pyrrole nitrogens is 1. The standard InChI is InChI=1S/C20H12FN3/c21-16-8-6-14(7-9-16)18-17-10-13(11-22)12-23-20(17)24-19(18)15-4-2-1-3-5-15/h1-10,12H,(H,23,24). The van der Waals surface area contributed by atoms with Crippen molar-refractivity contribution >= 4 is 11.0 Å². The number of hydrogen-bond acceptors (Lipinski definition) is 2. The van der Waals surface area contributed by atoms with Crippen molar-refractivity contribution in [3.63, 3.8) is 0 Å². The highest BCUT2D eigenvalue weighted by molar-refractivity contribution is 6.02. The van der Waals surface area contributed by atoms with Gasteiger partial charge in [0.25, 0.3) is 0 Å². The van der Waals surface area contributed by atoms with Gasteiger partial charge in [-0.2, -0.15) is 5.26 Å². The second-order valence-electron chi connectivity index (χ2n) is 5.48. The molecule has 2 aromatic carbocycles. The van der Waals surface area contributed by atoms with Crippen LogP contribution in [0.5, 0.6) is 0 Å². The predicted molar refractivity (Wildman–Crippen MR) is 91.6 cm³/mol. The molecule has 4 rings (SSSR count). The van der Waals surface area contributed by atoms with Crippen LogP contribution in [0.15, 0.2) is 66.9 Å². The summed E-state index contributed by atoms with van der Waals surface area (Å²) in [5, 5.41) is 10.0. The van der Waals surface area contributed by atoms with E-state index in [0.717, 1.165) is 27.8 Å². The Morgan fingerprint density at radius 2 is 1.71 bits per heavy atom. The predicted octanol–water partition coefficient (Wildman–Crippen LogP) is 4.91. The Morgan fingerprint density at radius 3 is 2.42 bits per heavy atom. The quantitative estimate of drug-likeness (QED) is 0.572. The van der Waals surface area contributed by atoms with Crippen molar-refractivity contribution in [1.82, 2.24) is 9.97 Å². The molecule has 1 N–H and O–H groups in total. The lowest BCUT2D eigenvalue weighted by atomic mass is 9.98. The van der Waals surface area contributed by atoms with Gasteiger partial charge >= 0.3 is 0 Å². The van der Waals surface area contributed by atoms with E-state index in [2.05, 4.69) is 16.0 Å². The van der Waals surface area contributed by atoms with Crippen LogP contribution in [-0.2, 0) is 0 Å². The molecule has 0 bridgehead atoms. The Hall–Kier alpha value is -3.45. The molecule has 0 atom stereocenters. The van der Waals surface area contributed by atoms with Crippen LogP contribution in [0.2, 0.25) is 0 Å². The number of pyridine rings is 1. The van der Waals surface area contributed by atoms with Crippen LogP contribution in [0.4, 0.5) is 4.39 Å². The summed E-state index contributed by atoms with van der Waals surface area (Å²) in [7, 11) is 0. The lowest BCUT2D eigenvalue weighted by Crippen LogP contribution is -1.83. The Balaban J connectivity index is 2.06. The fraction of sp³-hybridized carbons (Fsp3) is 0. The Kier molecular flexibility index (Phi) is 3.33. The third kappa shape index (κ3) is 2.33. The smallest absolute Gasteiger partial charge is 0.138 e. The summed E-state index contributed by atoms with van der Waals surface area (Å²) < 4.78 is 13.3. The van der Waals surface area contributed by atoms with Gasteiger partial charge in [0, 0.05) is 17.1 Å². The molecular weight excluding hydrogens is 301 g/mol. The summed E-state index contributed by atoms with van der Waals surface area (Å²) >= 11 is 0. The van der Waals surface area contributed by atoms with E-state index in [9.17, 15) is 4.39 Å². The van der Waals surface area contributed by atoms with E-state index >= 15 is 0 Å². The van der Waals surface area contributed by atoms with Crippen LogP contribution in [0, 0.1) is 17.1 Å². The number of aromatic amines is 1. The van der Waals surface area contributed by atoms with E-state index in [1.807, 2.05) is 36.4 Å². The van der Waals surface area contributed by atoms with Crippen molar-refractivity contribution in [2.75, 3.05) is 0 Å². The fourth-order valence-corrected chi connectivity index (χ4v) is 2.87. The average Bonchev–Trinajstić information content (AvgIpc) is 3.01.